The Morgan fingerprint density at radius 1 is 1.41 bits per heavy atom. The van der Waals surface area contributed by atoms with Crippen molar-refractivity contribution in [1.82, 2.24) is 0 Å². The van der Waals surface area contributed by atoms with E-state index in [1.54, 1.807) is 19.9 Å². The topological polar surface area (TPSA) is 46.2 Å². The summed E-state index contributed by atoms with van der Waals surface area (Å²) in [5.41, 5.74) is 0.519. The SMILES string of the molecule is CC(C)S(=O)(=O)CCNc1ccc(Cl)c(F)c1. The van der Waals surface area contributed by atoms with Crippen molar-refractivity contribution < 1.29 is 12.8 Å². The molecule has 1 rings (SSSR count). The maximum absolute atomic E-state index is 13.1. The van der Waals surface area contributed by atoms with Gasteiger partial charge in [0.15, 0.2) is 9.84 Å². The predicted molar refractivity (Wildman–Crippen MR) is 68.8 cm³/mol. The van der Waals surface area contributed by atoms with Crippen molar-refractivity contribution in [3.8, 4) is 0 Å². The average Bonchev–Trinajstić information content (AvgIpc) is 2.23. The summed E-state index contributed by atoms with van der Waals surface area (Å²) < 4.78 is 36.1. The number of rotatable bonds is 5. The molecule has 96 valence electrons. The predicted octanol–water partition coefficient (Wildman–Crippen LogP) is 2.71. The van der Waals surface area contributed by atoms with Crippen molar-refractivity contribution >= 4 is 27.1 Å². The fourth-order valence-corrected chi connectivity index (χ4v) is 2.15. The van der Waals surface area contributed by atoms with Gasteiger partial charge >= 0.3 is 0 Å². The quantitative estimate of drug-likeness (QED) is 0.901. The first kappa shape index (κ1) is 14.3. The molecule has 0 heterocycles. The molecule has 0 saturated carbocycles. The Balaban J connectivity index is 2.55. The van der Waals surface area contributed by atoms with Crippen LogP contribution in [0.1, 0.15) is 13.8 Å². The van der Waals surface area contributed by atoms with E-state index in [-0.39, 0.29) is 17.3 Å². The van der Waals surface area contributed by atoms with Gasteiger partial charge in [-0.15, -0.1) is 0 Å². The third-order valence-electron chi connectivity index (χ3n) is 2.35. The Bertz CT molecular complexity index is 488. The number of hydrogen-bond acceptors (Lipinski definition) is 3. The van der Waals surface area contributed by atoms with Gasteiger partial charge in [0.2, 0.25) is 0 Å². The molecule has 1 N–H and O–H groups in total. The van der Waals surface area contributed by atoms with Gasteiger partial charge in [0, 0.05) is 12.2 Å². The van der Waals surface area contributed by atoms with Crippen LogP contribution >= 0.6 is 11.6 Å². The maximum Gasteiger partial charge on any atom is 0.154 e. The van der Waals surface area contributed by atoms with Gasteiger partial charge < -0.3 is 5.32 Å². The molecule has 0 saturated heterocycles. The molecule has 0 aliphatic heterocycles. The molecule has 0 radical (unpaired) electrons. The molecular formula is C11H15ClFNO2S. The van der Waals surface area contributed by atoms with Gasteiger partial charge in [0.1, 0.15) is 5.82 Å². The minimum absolute atomic E-state index is 0.0227. The van der Waals surface area contributed by atoms with Crippen LogP contribution in [0.15, 0.2) is 18.2 Å². The maximum atomic E-state index is 13.1. The Hall–Kier alpha value is -0.810. The zero-order valence-electron chi connectivity index (χ0n) is 9.70. The number of hydrogen-bond donors (Lipinski definition) is 1. The minimum atomic E-state index is -3.07. The van der Waals surface area contributed by atoms with Crippen LogP contribution in [0.25, 0.3) is 0 Å². The summed E-state index contributed by atoms with van der Waals surface area (Å²) in [5, 5.41) is 2.50. The zero-order valence-corrected chi connectivity index (χ0v) is 11.3. The van der Waals surface area contributed by atoms with Gasteiger partial charge in [0.05, 0.1) is 16.0 Å². The van der Waals surface area contributed by atoms with Crippen molar-refractivity contribution in [1.29, 1.82) is 0 Å². The molecule has 0 spiro atoms. The van der Waals surface area contributed by atoms with Gasteiger partial charge in [-0.1, -0.05) is 11.6 Å². The fraction of sp³-hybridized carbons (Fsp3) is 0.455. The van der Waals surface area contributed by atoms with Gasteiger partial charge in [-0.3, -0.25) is 0 Å². The Kier molecular flexibility index (Phi) is 4.77. The summed E-state index contributed by atoms with van der Waals surface area (Å²) in [7, 11) is -3.07. The van der Waals surface area contributed by atoms with Crippen molar-refractivity contribution in [3.05, 3.63) is 29.0 Å². The van der Waals surface area contributed by atoms with Gasteiger partial charge in [-0.05, 0) is 32.0 Å². The highest BCUT2D eigenvalue weighted by molar-refractivity contribution is 7.92. The van der Waals surface area contributed by atoms with Crippen LogP contribution in [0.5, 0.6) is 0 Å². The molecule has 0 unspecified atom stereocenters. The molecule has 0 fully saturated rings. The molecule has 17 heavy (non-hydrogen) atoms. The molecular weight excluding hydrogens is 265 g/mol. The first-order chi connectivity index (χ1) is 7.83. The summed E-state index contributed by atoms with van der Waals surface area (Å²) in [5.74, 6) is -0.502. The Morgan fingerprint density at radius 3 is 2.59 bits per heavy atom. The normalized spacial score (nSPS) is 11.8. The van der Waals surface area contributed by atoms with Crippen LogP contribution in [0, 0.1) is 5.82 Å². The second kappa shape index (κ2) is 5.69. The van der Waals surface area contributed by atoms with Crippen LogP contribution < -0.4 is 5.32 Å². The molecule has 1 aromatic rings. The van der Waals surface area contributed by atoms with Crippen molar-refractivity contribution in [2.75, 3.05) is 17.6 Å². The molecule has 0 aromatic heterocycles. The third kappa shape index (κ3) is 4.16. The van der Waals surface area contributed by atoms with E-state index in [4.69, 9.17) is 11.6 Å². The second-order valence-corrected chi connectivity index (χ2v) is 7.06. The largest absolute Gasteiger partial charge is 0.384 e. The highest BCUT2D eigenvalue weighted by Crippen LogP contribution is 2.18. The summed E-state index contributed by atoms with van der Waals surface area (Å²) in [6.07, 6.45) is 0. The Labute approximate surface area is 106 Å². The number of benzene rings is 1. The molecule has 0 atom stereocenters. The average molecular weight is 280 g/mol. The lowest BCUT2D eigenvalue weighted by atomic mass is 10.3. The van der Waals surface area contributed by atoms with Crippen LogP contribution in [0.2, 0.25) is 5.02 Å². The summed E-state index contributed by atoms with van der Waals surface area (Å²) >= 11 is 5.53. The highest BCUT2D eigenvalue weighted by atomic mass is 35.5. The molecule has 0 aliphatic carbocycles. The number of sulfone groups is 1. The van der Waals surface area contributed by atoms with Crippen molar-refractivity contribution in [2.45, 2.75) is 19.1 Å². The van der Waals surface area contributed by atoms with Crippen molar-refractivity contribution in [3.63, 3.8) is 0 Å². The number of nitrogens with one attached hydrogen (secondary N) is 1. The molecule has 6 heteroatoms. The van der Waals surface area contributed by atoms with E-state index in [0.29, 0.717) is 5.69 Å². The lowest BCUT2D eigenvalue weighted by molar-refractivity contribution is 0.588. The molecule has 0 bridgehead atoms. The van der Waals surface area contributed by atoms with Crippen LogP contribution in [0.4, 0.5) is 10.1 Å². The van der Waals surface area contributed by atoms with Gasteiger partial charge in [-0.2, -0.15) is 0 Å². The highest BCUT2D eigenvalue weighted by Gasteiger charge is 2.15. The van der Waals surface area contributed by atoms with Crippen LogP contribution in [0.3, 0.4) is 0 Å². The molecule has 1 aromatic carbocycles. The monoisotopic (exact) mass is 279 g/mol. The lowest BCUT2D eigenvalue weighted by Crippen LogP contribution is -2.22. The number of anilines is 1. The summed E-state index contributed by atoms with van der Waals surface area (Å²) in [4.78, 5) is 0. The fourth-order valence-electron chi connectivity index (χ4n) is 1.18. The summed E-state index contributed by atoms with van der Waals surface area (Å²) in [6.45, 7) is 3.52. The zero-order chi connectivity index (χ0) is 13.1. The lowest BCUT2D eigenvalue weighted by Gasteiger charge is -2.09. The van der Waals surface area contributed by atoms with E-state index >= 15 is 0 Å². The second-order valence-electron chi connectivity index (χ2n) is 3.97. The van der Waals surface area contributed by atoms with E-state index in [9.17, 15) is 12.8 Å². The van der Waals surface area contributed by atoms with Crippen LogP contribution in [-0.4, -0.2) is 26.0 Å². The van der Waals surface area contributed by atoms with Gasteiger partial charge in [-0.25, -0.2) is 12.8 Å². The van der Waals surface area contributed by atoms with E-state index in [2.05, 4.69) is 5.32 Å². The van der Waals surface area contributed by atoms with E-state index < -0.39 is 20.9 Å². The number of halogens is 2. The summed E-state index contributed by atoms with van der Waals surface area (Å²) in [6, 6.07) is 4.27. The van der Waals surface area contributed by atoms with E-state index in [0.717, 1.165) is 0 Å². The third-order valence-corrected chi connectivity index (χ3v) is 4.87. The van der Waals surface area contributed by atoms with Crippen LogP contribution in [-0.2, 0) is 9.84 Å². The molecule has 0 aliphatic rings. The first-order valence-corrected chi connectivity index (χ1v) is 7.33. The standard InChI is InChI=1S/C11H15ClFNO2S/c1-8(2)17(15,16)6-5-14-9-3-4-10(12)11(13)7-9/h3-4,7-8,14H,5-6H2,1-2H3. The van der Waals surface area contributed by atoms with Crippen molar-refractivity contribution in [2.24, 2.45) is 0 Å². The smallest absolute Gasteiger partial charge is 0.154 e. The van der Waals surface area contributed by atoms with E-state index in [1.807, 2.05) is 0 Å². The minimum Gasteiger partial charge on any atom is -0.384 e. The first-order valence-electron chi connectivity index (χ1n) is 5.23. The Morgan fingerprint density at radius 2 is 2.06 bits per heavy atom. The molecule has 3 nitrogen and oxygen atoms in total. The molecule has 0 amide bonds. The van der Waals surface area contributed by atoms with Gasteiger partial charge in [0.25, 0.3) is 0 Å². The van der Waals surface area contributed by atoms with E-state index in [1.165, 1.54) is 12.1 Å².